The van der Waals surface area contributed by atoms with E-state index < -0.39 is 0 Å². The lowest BCUT2D eigenvalue weighted by Gasteiger charge is -2.10. The fraction of sp³-hybridized carbons (Fsp3) is 0.500. The van der Waals surface area contributed by atoms with Crippen molar-refractivity contribution < 1.29 is 9.84 Å². The van der Waals surface area contributed by atoms with E-state index in [4.69, 9.17) is 15.6 Å². The first kappa shape index (κ1) is 9.88. The van der Waals surface area contributed by atoms with E-state index in [1.165, 1.54) is 13.3 Å². The zero-order valence-corrected chi connectivity index (χ0v) is 7.47. The first-order chi connectivity index (χ1) is 6.31. The van der Waals surface area contributed by atoms with Crippen molar-refractivity contribution in [3.05, 3.63) is 18.1 Å². The second-order valence-corrected chi connectivity index (χ2v) is 2.60. The number of nitrogens with two attached hydrogens (primary N) is 1. The molecule has 3 N–H and O–H groups in total. The van der Waals surface area contributed by atoms with Crippen LogP contribution in [0.1, 0.15) is 11.6 Å². The van der Waals surface area contributed by atoms with Crippen molar-refractivity contribution in [1.29, 1.82) is 0 Å². The minimum absolute atomic E-state index is 0.0294. The highest BCUT2D eigenvalue weighted by molar-refractivity contribution is 5.12. The lowest BCUT2D eigenvalue weighted by atomic mass is 10.1. The van der Waals surface area contributed by atoms with Crippen molar-refractivity contribution in [3.8, 4) is 5.88 Å². The van der Waals surface area contributed by atoms with Gasteiger partial charge in [-0.3, -0.25) is 4.98 Å². The van der Waals surface area contributed by atoms with Crippen molar-refractivity contribution in [3.63, 3.8) is 0 Å². The van der Waals surface area contributed by atoms with E-state index in [0.29, 0.717) is 18.1 Å². The predicted molar refractivity (Wildman–Crippen MR) is 47.5 cm³/mol. The average molecular weight is 183 g/mol. The lowest BCUT2D eigenvalue weighted by molar-refractivity contribution is 0.264. The van der Waals surface area contributed by atoms with Gasteiger partial charge in [0.15, 0.2) is 0 Å². The van der Waals surface area contributed by atoms with E-state index in [-0.39, 0.29) is 12.5 Å². The Morgan fingerprint density at radius 3 is 2.92 bits per heavy atom. The summed E-state index contributed by atoms with van der Waals surface area (Å²) in [6.07, 6.45) is 3.09. The molecule has 0 aliphatic heterocycles. The highest BCUT2D eigenvalue weighted by atomic mass is 16.5. The third kappa shape index (κ3) is 2.37. The molecule has 0 saturated carbocycles. The molecular formula is C8H13N3O2. The van der Waals surface area contributed by atoms with Crippen LogP contribution >= 0.6 is 0 Å². The second kappa shape index (κ2) is 4.74. The molecule has 1 aromatic rings. The summed E-state index contributed by atoms with van der Waals surface area (Å²) < 4.78 is 4.90. The van der Waals surface area contributed by atoms with Crippen molar-refractivity contribution in [2.45, 2.75) is 5.92 Å². The molecule has 0 saturated heterocycles. The number of aliphatic hydroxyl groups excluding tert-OH is 1. The maximum atomic E-state index is 8.95. The molecule has 0 bridgehead atoms. The number of hydrogen-bond donors (Lipinski definition) is 2. The highest BCUT2D eigenvalue weighted by Crippen LogP contribution is 2.12. The van der Waals surface area contributed by atoms with Gasteiger partial charge in [-0.25, -0.2) is 4.98 Å². The molecule has 13 heavy (non-hydrogen) atoms. The van der Waals surface area contributed by atoms with Gasteiger partial charge in [-0.15, -0.1) is 0 Å². The first-order valence-electron chi connectivity index (χ1n) is 3.98. The molecule has 1 heterocycles. The third-order valence-corrected chi connectivity index (χ3v) is 1.76. The van der Waals surface area contributed by atoms with Gasteiger partial charge < -0.3 is 15.6 Å². The summed E-state index contributed by atoms with van der Waals surface area (Å²) in [5.74, 6) is 0.270. The summed E-state index contributed by atoms with van der Waals surface area (Å²) in [4.78, 5) is 8.03. The molecule has 0 radical (unpaired) electrons. The van der Waals surface area contributed by atoms with E-state index in [1.807, 2.05) is 0 Å². The topological polar surface area (TPSA) is 81.3 Å². The van der Waals surface area contributed by atoms with E-state index in [2.05, 4.69) is 9.97 Å². The molecule has 0 aliphatic rings. The van der Waals surface area contributed by atoms with E-state index >= 15 is 0 Å². The molecule has 0 spiro atoms. The molecule has 1 unspecified atom stereocenters. The number of aliphatic hydroxyl groups is 1. The van der Waals surface area contributed by atoms with Gasteiger partial charge in [-0.05, 0) is 0 Å². The van der Waals surface area contributed by atoms with Crippen LogP contribution in [0.2, 0.25) is 0 Å². The van der Waals surface area contributed by atoms with Crippen LogP contribution in [-0.4, -0.2) is 35.3 Å². The SMILES string of the molecule is COc1cncc(C(CN)CO)n1. The van der Waals surface area contributed by atoms with Crippen LogP contribution in [-0.2, 0) is 0 Å². The largest absolute Gasteiger partial charge is 0.480 e. The minimum Gasteiger partial charge on any atom is -0.480 e. The fourth-order valence-corrected chi connectivity index (χ4v) is 0.946. The lowest BCUT2D eigenvalue weighted by Crippen LogP contribution is -2.17. The van der Waals surface area contributed by atoms with Gasteiger partial charge in [0.25, 0.3) is 0 Å². The summed E-state index contributed by atoms with van der Waals surface area (Å²) in [6.45, 7) is 0.316. The Hall–Kier alpha value is -1.20. The van der Waals surface area contributed by atoms with Crippen LogP contribution in [0.4, 0.5) is 0 Å². The Kier molecular flexibility index (Phi) is 3.60. The Morgan fingerprint density at radius 1 is 1.62 bits per heavy atom. The summed E-state index contributed by atoms with van der Waals surface area (Å²) >= 11 is 0. The quantitative estimate of drug-likeness (QED) is 0.659. The van der Waals surface area contributed by atoms with Crippen molar-refractivity contribution in [2.24, 2.45) is 5.73 Å². The molecule has 1 rings (SSSR count). The van der Waals surface area contributed by atoms with Crippen molar-refractivity contribution in [1.82, 2.24) is 9.97 Å². The summed E-state index contributed by atoms with van der Waals surface area (Å²) in [5, 5.41) is 8.95. The number of rotatable bonds is 4. The summed E-state index contributed by atoms with van der Waals surface area (Å²) in [7, 11) is 1.52. The Morgan fingerprint density at radius 2 is 2.38 bits per heavy atom. The Labute approximate surface area is 76.6 Å². The van der Waals surface area contributed by atoms with Gasteiger partial charge in [-0.2, -0.15) is 0 Å². The number of aromatic nitrogens is 2. The molecule has 0 aliphatic carbocycles. The van der Waals surface area contributed by atoms with Crippen LogP contribution in [0.25, 0.3) is 0 Å². The smallest absolute Gasteiger partial charge is 0.232 e. The number of hydrogen-bond acceptors (Lipinski definition) is 5. The number of ether oxygens (including phenoxy) is 1. The van der Waals surface area contributed by atoms with Gasteiger partial charge in [0.05, 0.1) is 25.6 Å². The average Bonchev–Trinajstić information content (AvgIpc) is 2.20. The van der Waals surface area contributed by atoms with E-state index in [1.54, 1.807) is 6.20 Å². The molecule has 1 aromatic heterocycles. The van der Waals surface area contributed by atoms with Crippen LogP contribution in [0.15, 0.2) is 12.4 Å². The standard InChI is InChI=1S/C8H13N3O2/c1-13-8-4-10-3-7(11-8)6(2-9)5-12/h3-4,6,12H,2,5,9H2,1H3. The van der Waals surface area contributed by atoms with Crippen molar-refractivity contribution >= 4 is 0 Å². The fourth-order valence-electron chi connectivity index (χ4n) is 0.946. The molecule has 5 heteroatoms. The summed E-state index contributed by atoms with van der Waals surface area (Å²) in [6, 6.07) is 0. The van der Waals surface area contributed by atoms with Gasteiger partial charge in [0.2, 0.25) is 5.88 Å². The molecular weight excluding hydrogens is 170 g/mol. The maximum absolute atomic E-state index is 8.95. The maximum Gasteiger partial charge on any atom is 0.232 e. The number of methoxy groups -OCH3 is 1. The van der Waals surface area contributed by atoms with Gasteiger partial charge in [-0.1, -0.05) is 0 Å². The van der Waals surface area contributed by atoms with E-state index in [0.717, 1.165) is 0 Å². The Bertz CT molecular complexity index is 263. The third-order valence-electron chi connectivity index (χ3n) is 1.76. The zero-order valence-electron chi connectivity index (χ0n) is 7.47. The van der Waals surface area contributed by atoms with Crippen LogP contribution in [0.3, 0.4) is 0 Å². The zero-order chi connectivity index (χ0) is 9.68. The van der Waals surface area contributed by atoms with Crippen LogP contribution in [0, 0.1) is 0 Å². The molecule has 0 amide bonds. The second-order valence-electron chi connectivity index (χ2n) is 2.60. The molecule has 72 valence electrons. The normalized spacial score (nSPS) is 12.5. The molecule has 1 atom stereocenters. The monoisotopic (exact) mass is 183 g/mol. The summed E-state index contributed by atoms with van der Waals surface area (Å²) in [5.41, 5.74) is 6.10. The van der Waals surface area contributed by atoms with Crippen molar-refractivity contribution in [2.75, 3.05) is 20.3 Å². The molecule has 5 nitrogen and oxygen atoms in total. The van der Waals surface area contributed by atoms with Gasteiger partial charge >= 0.3 is 0 Å². The predicted octanol–water partition coefficient (Wildman–Crippen LogP) is -0.480. The van der Waals surface area contributed by atoms with Gasteiger partial charge in [0, 0.05) is 18.7 Å². The number of nitrogens with zero attached hydrogens (tertiary/aromatic N) is 2. The van der Waals surface area contributed by atoms with Crippen LogP contribution < -0.4 is 10.5 Å². The van der Waals surface area contributed by atoms with Crippen LogP contribution in [0.5, 0.6) is 5.88 Å². The highest BCUT2D eigenvalue weighted by Gasteiger charge is 2.10. The minimum atomic E-state index is -0.164. The van der Waals surface area contributed by atoms with E-state index in [9.17, 15) is 0 Å². The molecule has 0 aromatic carbocycles. The Balaban J connectivity index is 2.86. The van der Waals surface area contributed by atoms with Gasteiger partial charge in [0.1, 0.15) is 0 Å². The molecule has 0 fully saturated rings. The first-order valence-corrected chi connectivity index (χ1v) is 3.98.